The summed E-state index contributed by atoms with van der Waals surface area (Å²) in [5.74, 6) is 0. The Kier molecular flexibility index (Phi) is 5.29. The van der Waals surface area contributed by atoms with Crippen LogP contribution in [0, 0.1) is 0 Å². The summed E-state index contributed by atoms with van der Waals surface area (Å²) in [7, 11) is 1.73. The Bertz CT molecular complexity index is 286. The van der Waals surface area contributed by atoms with E-state index in [1.54, 1.807) is 7.11 Å². The lowest BCUT2D eigenvalue weighted by atomic mass is 10.1. The van der Waals surface area contributed by atoms with Gasteiger partial charge in [0, 0.05) is 24.2 Å². The number of rotatable bonds is 5. The van der Waals surface area contributed by atoms with Gasteiger partial charge in [-0.25, -0.2) is 0 Å². The van der Waals surface area contributed by atoms with Crippen molar-refractivity contribution in [2.45, 2.75) is 26.0 Å². The molecule has 0 aliphatic rings. The van der Waals surface area contributed by atoms with E-state index in [4.69, 9.17) is 4.74 Å². The molecular weight excluding hydrogens is 254 g/mol. The van der Waals surface area contributed by atoms with E-state index in [0.717, 1.165) is 11.0 Å². The van der Waals surface area contributed by atoms with Crippen LogP contribution in [-0.4, -0.2) is 19.8 Å². The minimum atomic E-state index is 0.253. The molecule has 0 heterocycles. The van der Waals surface area contributed by atoms with Crippen LogP contribution in [0.15, 0.2) is 28.7 Å². The highest BCUT2D eigenvalue weighted by Crippen LogP contribution is 2.16. The van der Waals surface area contributed by atoms with E-state index in [0.29, 0.717) is 6.04 Å². The number of nitrogens with one attached hydrogen (secondary N) is 1. The van der Waals surface area contributed by atoms with Crippen LogP contribution < -0.4 is 5.32 Å². The second kappa shape index (κ2) is 6.26. The molecule has 3 heteroatoms. The van der Waals surface area contributed by atoms with Crippen LogP contribution in [0.3, 0.4) is 0 Å². The van der Waals surface area contributed by atoms with Crippen molar-refractivity contribution in [1.29, 1.82) is 0 Å². The number of ether oxygens (including phenoxy) is 1. The van der Waals surface area contributed by atoms with Crippen LogP contribution in [0.2, 0.25) is 0 Å². The van der Waals surface area contributed by atoms with E-state index in [9.17, 15) is 0 Å². The van der Waals surface area contributed by atoms with Crippen molar-refractivity contribution in [3.63, 3.8) is 0 Å². The van der Waals surface area contributed by atoms with Crippen molar-refractivity contribution in [3.8, 4) is 0 Å². The lowest BCUT2D eigenvalue weighted by molar-refractivity contribution is 0.115. The molecule has 1 aromatic carbocycles. The molecule has 0 amide bonds. The maximum atomic E-state index is 5.19. The Hall–Kier alpha value is -0.380. The first-order valence-electron chi connectivity index (χ1n) is 5.15. The van der Waals surface area contributed by atoms with Gasteiger partial charge in [-0.05, 0) is 31.5 Å². The molecule has 0 bridgehead atoms. The van der Waals surface area contributed by atoms with Crippen LogP contribution in [0.5, 0.6) is 0 Å². The molecule has 0 saturated heterocycles. The van der Waals surface area contributed by atoms with Crippen LogP contribution in [0.25, 0.3) is 0 Å². The number of hydrogen-bond acceptors (Lipinski definition) is 2. The van der Waals surface area contributed by atoms with Gasteiger partial charge in [0.2, 0.25) is 0 Å². The highest BCUT2D eigenvalue weighted by Gasteiger charge is 2.06. The lowest BCUT2D eigenvalue weighted by Crippen LogP contribution is -2.28. The second-order valence-corrected chi connectivity index (χ2v) is 4.64. The highest BCUT2D eigenvalue weighted by atomic mass is 79.9. The zero-order chi connectivity index (χ0) is 11.3. The SMILES string of the molecule is COC(C)CN[C@H](C)c1ccc(Br)cc1. The number of methoxy groups -OCH3 is 1. The van der Waals surface area contributed by atoms with Crippen LogP contribution in [0.1, 0.15) is 25.5 Å². The Balaban J connectivity index is 2.46. The minimum absolute atomic E-state index is 0.253. The molecular formula is C12H18BrNO. The number of halogens is 1. The highest BCUT2D eigenvalue weighted by molar-refractivity contribution is 9.10. The molecule has 1 rings (SSSR count). The quantitative estimate of drug-likeness (QED) is 0.889. The predicted octanol–water partition coefficient (Wildman–Crippen LogP) is 3.13. The van der Waals surface area contributed by atoms with Crippen LogP contribution in [-0.2, 0) is 4.74 Å². The smallest absolute Gasteiger partial charge is 0.0667 e. The molecule has 1 N–H and O–H groups in total. The molecule has 2 nitrogen and oxygen atoms in total. The first-order chi connectivity index (χ1) is 7.13. The summed E-state index contributed by atoms with van der Waals surface area (Å²) in [6, 6.07) is 8.73. The standard InChI is InChI=1S/C12H18BrNO/c1-9(15-3)8-14-10(2)11-4-6-12(13)7-5-11/h4-7,9-10,14H,8H2,1-3H3/t9?,10-/m1/s1. The molecule has 0 aliphatic carbocycles. The fourth-order valence-corrected chi connectivity index (χ4v) is 1.56. The van der Waals surface area contributed by atoms with Gasteiger partial charge in [0.15, 0.2) is 0 Å². The first kappa shape index (κ1) is 12.7. The van der Waals surface area contributed by atoms with E-state index in [1.165, 1.54) is 5.56 Å². The van der Waals surface area contributed by atoms with Crippen molar-refractivity contribution in [1.82, 2.24) is 5.32 Å². The minimum Gasteiger partial charge on any atom is -0.380 e. The average Bonchev–Trinajstić information content (AvgIpc) is 2.26. The Labute approximate surface area is 100 Å². The normalized spacial score (nSPS) is 14.9. The third-order valence-electron chi connectivity index (χ3n) is 2.48. The number of benzene rings is 1. The van der Waals surface area contributed by atoms with E-state index in [-0.39, 0.29) is 6.10 Å². The van der Waals surface area contributed by atoms with Gasteiger partial charge < -0.3 is 10.1 Å². The summed E-state index contributed by atoms with van der Waals surface area (Å²) in [5, 5.41) is 3.43. The molecule has 2 atom stereocenters. The van der Waals surface area contributed by atoms with Gasteiger partial charge in [0.25, 0.3) is 0 Å². The van der Waals surface area contributed by atoms with Crippen LogP contribution in [0.4, 0.5) is 0 Å². The first-order valence-corrected chi connectivity index (χ1v) is 5.94. The fraction of sp³-hybridized carbons (Fsp3) is 0.500. The van der Waals surface area contributed by atoms with Crippen molar-refractivity contribution in [2.24, 2.45) is 0 Å². The van der Waals surface area contributed by atoms with Gasteiger partial charge in [-0.1, -0.05) is 28.1 Å². The van der Waals surface area contributed by atoms with E-state index in [1.807, 2.05) is 0 Å². The maximum Gasteiger partial charge on any atom is 0.0667 e. The maximum absolute atomic E-state index is 5.19. The van der Waals surface area contributed by atoms with Gasteiger partial charge in [-0.2, -0.15) is 0 Å². The number of hydrogen-bond donors (Lipinski definition) is 1. The largest absolute Gasteiger partial charge is 0.380 e. The molecule has 0 saturated carbocycles. The van der Waals surface area contributed by atoms with Gasteiger partial charge >= 0.3 is 0 Å². The molecule has 0 fully saturated rings. The van der Waals surface area contributed by atoms with Gasteiger partial charge in [0.05, 0.1) is 6.10 Å². The van der Waals surface area contributed by atoms with Gasteiger partial charge in [-0.3, -0.25) is 0 Å². The average molecular weight is 272 g/mol. The van der Waals surface area contributed by atoms with E-state index >= 15 is 0 Å². The van der Waals surface area contributed by atoms with Crippen molar-refractivity contribution in [3.05, 3.63) is 34.3 Å². The van der Waals surface area contributed by atoms with Crippen molar-refractivity contribution < 1.29 is 4.74 Å². The molecule has 1 unspecified atom stereocenters. The molecule has 0 spiro atoms. The van der Waals surface area contributed by atoms with E-state index in [2.05, 4.69) is 59.4 Å². The van der Waals surface area contributed by atoms with Crippen molar-refractivity contribution in [2.75, 3.05) is 13.7 Å². The Morgan fingerprint density at radius 3 is 2.40 bits per heavy atom. The molecule has 0 aromatic heterocycles. The third-order valence-corrected chi connectivity index (χ3v) is 3.01. The Morgan fingerprint density at radius 2 is 1.87 bits per heavy atom. The fourth-order valence-electron chi connectivity index (χ4n) is 1.30. The van der Waals surface area contributed by atoms with Crippen molar-refractivity contribution >= 4 is 15.9 Å². The summed E-state index contributed by atoms with van der Waals surface area (Å²) in [4.78, 5) is 0. The summed E-state index contributed by atoms with van der Waals surface area (Å²) >= 11 is 3.43. The van der Waals surface area contributed by atoms with Gasteiger partial charge in [0.1, 0.15) is 0 Å². The molecule has 0 aliphatic heterocycles. The summed E-state index contributed by atoms with van der Waals surface area (Å²) < 4.78 is 6.30. The zero-order valence-corrected chi connectivity index (χ0v) is 11.0. The molecule has 1 aromatic rings. The predicted molar refractivity (Wildman–Crippen MR) is 67.0 cm³/mol. The molecule has 15 heavy (non-hydrogen) atoms. The monoisotopic (exact) mass is 271 g/mol. The van der Waals surface area contributed by atoms with Crippen LogP contribution >= 0.6 is 15.9 Å². The summed E-state index contributed by atoms with van der Waals surface area (Å²) in [5.41, 5.74) is 1.29. The Morgan fingerprint density at radius 1 is 1.27 bits per heavy atom. The third kappa shape index (κ3) is 4.33. The zero-order valence-electron chi connectivity index (χ0n) is 9.46. The topological polar surface area (TPSA) is 21.3 Å². The second-order valence-electron chi connectivity index (χ2n) is 3.73. The lowest BCUT2D eigenvalue weighted by Gasteiger charge is -2.17. The molecule has 0 radical (unpaired) electrons. The molecule has 84 valence electrons. The summed E-state index contributed by atoms with van der Waals surface area (Å²) in [6.45, 7) is 5.08. The summed E-state index contributed by atoms with van der Waals surface area (Å²) in [6.07, 6.45) is 0.253. The van der Waals surface area contributed by atoms with Gasteiger partial charge in [-0.15, -0.1) is 0 Å². The van der Waals surface area contributed by atoms with E-state index < -0.39 is 0 Å².